The molecule has 0 radical (unpaired) electrons. The van der Waals surface area contributed by atoms with E-state index in [2.05, 4.69) is 90.7 Å². The monoisotopic (exact) mass is 445 g/mol. The molecule has 0 amide bonds. The van der Waals surface area contributed by atoms with Gasteiger partial charge in [0, 0.05) is 22.0 Å². The zero-order chi connectivity index (χ0) is 24.2. The molecule has 180 valence electrons. The summed E-state index contributed by atoms with van der Waals surface area (Å²) in [6, 6.07) is 7.10. The lowest BCUT2D eigenvalue weighted by Gasteiger charge is -2.43. The predicted molar refractivity (Wildman–Crippen MR) is 148 cm³/mol. The van der Waals surface area contributed by atoms with E-state index in [1.165, 1.54) is 71.8 Å². The molecule has 1 aliphatic carbocycles. The first-order chi connectivity index (χ1) is 15.9. The van der Waals surface area contributed by atoms with Gasteiger partial charge in [0.15, 0.2) is 0 Å². The highest BCUT2D eigenvalue weighted by atomic mass is 14.7. The molecule has 1 heteroatoms. The van der Waals surface area contributed by atoms with Crippen LogP contribution in [0.25, 0.3) is 16.5 Å². The molecule has 33 heavy (non-hydrogen) atoms. The topological polar surface area (TPSA) is 15.8 Å². The molecule has 0 spiro atoms. The molecule has 2 unspecified atom stereocenters. The summed E-state index contributed by atoms with van der Waals surface area (Å²) < 4.78 is 0. The van der Waals surface area contributed by atoms with Crippen molar-refractivity contribution in [1.82, 2.24) is 4.98 Å². The van der Waals surface area contributed by atoms with Crippen LogP contribution in [-0.2, 0) is 6.42 Å². The lowest BCUT2D eigenvalue weighted by Crippen LogP contribution is -2.30. The molecule has 1 N–H and O–H groups in total. The smallest absolute Gasteiger partial charge is 0.0494 e. The van der Waals surface area contributed by atoms with Gasteiger partial charge < -0.3 is 4.98 Å². The number of H-pyrrole nitrogens is 1. The largest absolute Gasteiger partial charge is 0.358 e. The van der Waals surface area contributed by atoms with Gasteiger partial charge in [0.1, 0.15) is 0 Å². The zero-order valence-corrected chi connectivity index (χ0v) is 22.6. The third-order valence-corrected chi connectivity index (χ3v) is 8.12. The molecular formula is C32H47N. The summed E-state index contributed by atoms with van der Waals surface area (Å²) in [6.07, 6.45) is 14.3. The fourth-order valence-electron chi connectivity index (χ4n) is 6.72. The molecule has 1 aliphatic rings. The van der Waals surface area contributed by atoms with Crippen molar-refractivity contribution in [3.8, 4) is 0 Å². The lowest BCUT2D eigenvalue weighted by molar-refractivity contribution is 0.358. The van der Waals surface area contributed by atoms with E-state index in [0.29, 0.717) is 5.92 Å². The van der Waals surface area contributed by atoms with Crippen LogP contribution in [0.3, 0.4) is 0 Å². The molecule has 2 atom stereocenters. The number of allylic oxidation sites excluding steroid dienone is 6. The quantitative estimate of drug-likeness (QED) is 0.374. The molecule has 1 aromatic carbocycles. The van der Waals surface area contributed by atoms with Crippen molar-refractivity contribution in [1.29, 1.82) is 0 Å². The summed E-state index contributed by atoms with van der Waals surface area (Å²) in [6.45, 7) is 18.9. The number of nitrogens with one attached hydrogen (secondary N) is 1. The number of rotatable bonds is 10. The Morgan fingerprint density at radius 1 is 1.09 bits per heavy atom. The van der Waals surface area contributed by atoms with Crippen molar-refractivity contribution in [3.05, 3.63) is 63.9 Å². The SMILES string of the molecule is CCCC1=C(C(C)(CCC)/C(CC)=C(\C)c2ccc(CC)c3[nH]c(C)cc23)C(CC)CC=C1. The molecule has 0 aliphatic heterocycles. The van der Waals surface area contributed by atoms with Crippen molar-refractivity contribution >= 4 is 16.5 Å². The number of hydrogen-bond acceptors (Lipinski definition) is 0. The van der Waals surface area contributed by atoms with Gasteiger partial charge >= 0.3 is 0 Å². The number of benzene rings is 1. The first-order valence-corrected chi connectivity index (χ1v) is 13.6. The summed E-state index contributed by atoms with van der Waals surface area (Å²) >= 11 is 0. The van der Waals surface area contributed by atoms with Crippen LogP contribution in [-0.4, -0.2) is 4.98 Å². The van der Waals surface area contributed by atoms with Gasteiger partial charge in [-0.25, -0.2) is 0 Å². The number of aromatic nitrogens is 1. The second-order valence-electron chi connectivity index (χ2n) is 10.3. The normalized spacial score (nSPS) is 19.2. The average Bonchev–Trinajstić information content (AvgIpc) is 3.20. The van der Waals surface area contributed by atoms with E-state index in [1.54, 1.807) is 16.7 Å². The Balaban J connectivity index is 2.31. The molecule has 0 fully saturated rings. The molecule has 0 saturated heterocycles. The Hall–Kier alpha value is -2.02. The number of hydrogen-bond donors (Lipinski definition) is 1. The molecule has 1 nitrogen and oxygen atoms in total. The Bertz CT molecular complexity index is 1060. The maximum absolute atomic E-state index is 3.66. The highest BCUT2D eigenvalue weighted by Gasteiger charge is 2.38. The van der Waals surface area contributed by atoms with Crippen LogP contribution in [0.2, 0.25) is 0 Å². The molecule has 1 heterocycles. The number of aromatic amines is 1. The van der Waals surface area contributed by atoms with E-state index < -0.39 is 0 Å². The highest BCUT2D eigenvalue weighted by molar-refractivity contribution is 5.95. The van der Waals surface area contributed by atoms with Crippen molar-refractivity contribution < 1.29 is 0 Å². The highest BCUT2D eigenvalue weighted by Crippen LogP contribution is 2.52. The van der Waals surface area contributed by atoms with Crippen LogP contribution in [0.5, 0.6) is 0 Å². The van der Waals surface area contributed by atoms with E-state index in [4.69, 9.17) is 0 Å². The first kappa shape index (κ1) is 25.6. The van der Waals surface area contributed by atoms with Crippen molar-refractivity contribution in [2.45, 2.75) is 107 Å². The Labute approximate surface area is 203 Å². The van der Waals surface area contributed by atoms with Crippen molar-refractivity contribution in [2.75, 3.05) is 0 Å². The van der Waals surface area contributed by atoms with Crippen LogP contribution in [0.1, 0.15) is 110 Å². The van der Waals surface area contributed by atoms with Crippen LogP contribution in [0, 0.1) is 18.3 Å². The fraction of sp³-hybridized carbons (Fsp3) is 0.562. The average molecular weight is 446 g/mol. The number of aryl methyl sites for hydroxylation is 2. The standard InChI is InChI=1S/C32H47N/c1-9-15-26-17-14-16-24(11-3)30(26)32(8,20-10-2)29(13-5)23(7)27-19-18-25(12-4)31-28(27)21-22(6)33-31/h14,17-19,21,24,33H,9-13,15-16,20H2,1-8H3/b29-23+. The summed E-state index contributed by atoms with van der Waals surface area (Å²) in [5.41, 5.74) is 12.0. The Morgan fingerprint density at radius 3 is 2.45 bits per heavy atom. The van der Waals surface area contributed by atoms with E-state index >= 15 is 0 Å². The second kappa shape index (κ2) is 10.9. The zero-order valence-electron chi connectivity index (χ0n) is 22.6. The molecule has 0 bridgehead atoms. The van der Waals surface area contributed by atoms with E-state index in [0.717, 1.165) is 12.8 Å². The van der Waals surface area contributed by atoms with Gasteiger partial charge in [-0.3, -0.25) is 0 Å². The summed E-state index contributed by atoms with van der Waals surface area (Å²) in [7, 11) is 0. The van der Waals surface area contributed by atoms with Crippen LogP contribution < -0.4 is 0 Å². The third kappa shape index (κ3) is 4.79. The molecule has 1 aromatic heterocycles. The Kier molecular flexibility index (Phi) is 8.48. The van der Waals surface area contributed by atoms with Gasteiger partial charge in [-0.1, -0.05) is 89.8 Å². The summed E-state index contributed by atoms with van der Waals surface area (Å²) in [5, 5.41) is 1.40. The second-order valence-corrected chi connectivity index (χ2v) is 10.3. The summed E-state index contributed by atoms with van der Waals surface area (Å²) in [4.78, 5) is 3.66. The van der Waals surface area contributed by atoms with Crippen molar-refractivity contribution in [2.24, 2.45) is 11.3 Å². The molecule has 3 rings (SSSR count). The predicted octanol–water partition coefficient (Wildman–Crippen LogP) is 10.1. The minimum Gasteiger partial charge on any atom is -0.358 e. The van der Waals surface area contributed by atoms with Crippen LogP contribution >= 0.6 is 0 Å². The molecule has 2 aromatic rings. The van der Waals surface area contributed by atoms with E-state index in [9.17, 15) is 0 Å². The summed E-state index contributed by atoms with van der Waals surface area (Å²) in [5.74, 6) is 0.666. The Morgan fingerprint density at radius 2 is 1.85 bits per heavy atom. The fourth-order valence-corrected chi connectivity index (χ4v) is 6.72. The minimum absolute atomic E-state index is 0.116. The van der Waals surface area contributed by atoms with Crippen LogP contribution in [0.15, 0.2) is 47.1 Å². The lowest BCUT2D eigenvalue weighted by atomic mass is 9.62. The van der Waals surface area contributed by atoms with Gasteiger partial charge in [0.05, 0.1) is 0 Å². The molecule has 0 saturated carbocycles. The molecular weight excluding hydrogens is 398 g/mol. The van der Waals surface area contributed by atoms with Gasteiger partial charge in [-0.2, -0.15) is 0 Å². The van der Waals surface area contributed by atoms with E-state index in [1.807, 2.05) is 0 Å². The van der Waals surface area contributed by atoms with Gasteiger partial charge in [0.2, 0.25) is 0 Å². The minimum atomic E-state index is 0.116. The van der Waals surface area contributed by atoms with E-state index in [-0.39, 0.29) is 5.41 Å². The number of fused-ring (bicyclic) bond motifs is 1. The third-order valence-electron chi connectivity index (χ3n) is 8.12. The van der Waals surface area contributed by atoms with Gasteiger partial charge in [-0.15, -0.1) is 0 Å². The van der Waals surface area contributed by atoms with Crippen molar-refractivity contribution in [3.63, 3.8) is 0 Å². The van der Waals surface area contributed by atoms with Gasteiger partial charge in [0.25, 0.3) is 0 Å². The maximum Gasteiger partial charge on any atom is 0.0494 e. The van der Waals surface area contributed by atoms with Crippen LogP contribution in [0.4, 0.5) is 0 Å². The maximum atomic E-state index is 3.66. The first-order valence-electron chi connectivity index (χ1n) is 13.6. The van der Waals surface area contributed by atoms with Gasteiger partial charge in [-0.05, 0) is 86.6 Å².